The fourth-order valence-corrected chi connectivity index (χ4v) is 0.359. The zero-order chi connectivity index (χ0) is 5.70. The molecule has 0 aromatic carbocycles. The Balaban J connectivity index is 3.46. The molecule has 0 fully saturated rings. The minimum Gasteiger partial charge on any atom is -0.769 e. The van der Waals surface area contributed by atoms with Crippen LogP contribution in [0.1, 0.15) is 0 Å². The Labute approximate surface area is 44.8 Å². The minimum absolute atomic E-state index is 1.02. The van der Waals surface area contributed by atoms with Gasteiger partial charge in [-0.25, -0.2) is 0 Å². The molecule has 0 amide bonds. The van der Waals surface area contributed by atoms with Gasteiger partial charge >= 0.3 is 0 Å². The average Bonchev–Trinajstić information content (AvgIpc) is 1.61. The lowest BCUT2D eigenvalue weighted by Crippen LogP contribution is -1.74. The van der Waals surface area contributed by atoms with Crippen LogP contribution >= 0.6 is 0 Å². The van der Waals surface area contributed by atoms with Crippen molar-refractivity contribution in [2.24, 2.45) is 0 Å². The van der Waals surface area contributed by atoms with Crippen molar-refractivity contribution in [3.05, 3.63) is 24.1 Å². The van der Waals surface area contributed by atoms with E-state index >= 15 is 0 Å². The zero-order valence-corrected chi connectivity index (χ0v) is 4.48. The van der Waals surface area contributed by atoms with Crippen LogP contribution in [0.2, 0.25) is 0 Å². The van der Waals surface area contributed by atoms with E-state index in [0.717, 1.165) is 5.41 Å². The summed E-state index contributed by atoms with van der Waals surface area (Å²) in [5.41, 5.74) is 0. The molecule has 7 heavy (non-hydrogen) atoms. The van der Waals surface area contributed by atoms with Crippen molar-refractivity contribution in [3.8, 4) is 0 Å². The summed E-state index contributed by atoms with van der Waals surface area (Å²) in [6.45, 7) is 3.27. The Morgan fingerprint density at radius 3 is 2.43 bits per heavy atom. The summed E-state index contributed by atoms with van der Waals surface area (Å²) in [5.74, 6) is 0. The molecule has 0 radical (unpaired) electrons. The molecular formula is C4H5O2S-. The van der Waals surface area contributed by atoms with E-state index in [1.165, 1.54) is 12.2 Å². The highest BCUT2D eigenvalue weighted by Gasteiger charge is 1.60. The lowest BCUT2D eigenvalue weighted by Gasteiger charge is -1.90. The highest BCUT2D eigenvalue weighted by Crippen LogP contribution is 1.75. The van der Waals surface area contributed by atoms with Crippen LogP contribution in [0.3, 0.4) is 0 Å². The van der Waals surface area contributed by atoms with E-state index in [1.807, 2.05) is 0 Å². The van der Waals surface area contributed by atoms with Crippen molar-refractivity contribution in [1.82, 2.24) is 0 Å². The lowest BCUT2D eigenvalue weighted by molar-refractivity contribution is 0.546. The molecule has 0 aliphatic heterocycles. The van der Waals surface area contributed by atoms with Crippen LogP contribution in [-0.4, -0.2) is 8.76 Å². The smallest absolute Gasteiger partial charge is 0.0115 e. The van der Waals surface area contributed by atoms with Crippen LogP contribution in [0.15, 0.2) is 24.1 Å². The molecule has 0 spiro atoms. The van der Waals surface area contributed by atoms with Crippen molar-refractivity contribution >= 4 is 11.1 Å². The maximum Gasteiger partial charge on any atom is -0.0115 e. The van der Waals surface area contributed by atoms with Crippen molar-refractivity contribution in [2.75, 3.05) is 0 Å². The predicted molar refractivity (Wildman–Crippen MR) is 28.3 cm³/mol. The molecule has 0 aromatic rings. The standard InChI is InChI=1S/C4H6O2S/c1-2-3-4-7(5)6/h2-4H,1H2,(H,5,6)/p-1/b4-3-. The first-order valence-electron chi connectivity index (χ1n) is 1.64. The van der Waals surface area contributed by atoms with E-state index in [9.17, 15) is 8.76 Å². The summed E-state index contributed by atoms with van der Waals surface area (Å²) in [6.07, 6.45) is 2.75. The lowest BCUT2D eigenvalue weighted by atomic mass is 10.6. The third kappa shape index (κ3) is 5.59. The van der Waals surface area contributed by atoms with Crippen LogP contribution in [0.25, 0.3) is 0 Å². The summed E-state index contributed by atoms with van der Waals surface area (Å²) in [7, 11) is 0. The molecule has 0 saturated heterocycles. The molecule has 0 aliphatic carbocycles. The third-order valence-electron chi connectivity index (χ3n) is 0.326. The third-order valence-corrected chi connectivity index (χ3v) is 0.705. The Morgan fingerprint density at radius 1 is 1.71 bits per heavy atom. The molecule has 3 heteroatoms. The van der Waals surface area contributed by atoms with Gasteiger partial charge < -0.3 is 4.55 Å². The fourth-order valence-electron chi connectivity index (χ4n) is 0.120. The molecule has 0 heterocycles. The fraction of sp³-hybridized carbons (Fsp3) is 0. The van der Waals surface area contributed by atoms with Crippen molar-refractivity contribution in [1.29, 1.82) is 0 Å². The monoisotopic (exact) mass is 117 g/mol. The summed E-state index contributed by atoms with van der Waals surface area (Å²) in [5, 5.41) is 1.02. The topological polar surface area (TPSA) is 40.1 Å². The van der Waals surface area contributed by atoms with Crippen LogP contribution in [0.5, 0.6) is 0 Å². The zero-order valence-electron chi connectivity index (χ0n) is 3.66. The van der Waals surface area contributed by atoms with E-state index in [-0.39, 0.29) is 0 Å². The van der Waals surface area contributed by atoms with Gasteiger partial charge in [0.25, 0.3) is 0 Å². The summed E-state index contributed by atoms with van der Waals surface area (Å²) < 4.78 is 19.2. The number of rotatable bonds is 2. The van der Waals surface area contributed by atoms with Gasteiger partial charge in [0.05, 0.1) is 0 Å². The SMILES string of the molecule is C=C/C=C\S(=O)[O-]. The summed E-state index contributed by atoms with van der Waals surface area (Å²) >= 11 is -2.07. The molecule has 0 rings (SSSR count). The first kappa shape index (κ1) is 6.59. The van der Waals surface area contributed by atoms with Crippen LogP contribution in [-0.2, 0) is 11.1 Å². The van der Waals surface area contributed by atoms with Gasteiger partial charge in [0.1, 0.15) is 0 Å². The molecule has 0 aliphatic rings. The second kappa shape index (κ2) is 3.77. The van der Waals surface area contributed by atoms with Gasteiger partial charge in [-0.3, -0.25) is 4.21 Å². The molecule has 0 bridgehead atoms. The van der Waals surface area contributed by atoms with Gasteiger partial charge in [-0.15, -0.1) is 0 Å². The van der Waals surface area contributed by atoms with Crippen LogP contribution < -0.4 is 0 Å². The first-order valence-corrected chi connectivity index (χ1v) is 2.78. The molecular weight excluding hydrogens is 112 g/mol. The molecule has 1 unspecified atom stereocenters. The minimum atomic E-state index is -2.07. The molecule has 0 saturated carbocycles. The second-order valence-electron chi connectivity index (χ2n) is 0.825. The Morgan fingerprint density at radius 2 is 2.29 bits per heavy atom. The molecule has 40 valence electrons. The second-order valence-corrected chi connectivity index (χ2v) is 1.62. The van der Waals surface area contributed by atoms with Gasteiger partial charge in [-0.2, -0.15) is 0 Å². The number of hydrogen-bond donors (Lipinski definition) is 0. The van der Waals surface area contributed by atoms with E-state index in [1.54, 1.807) is 0 Å². The largest absolute Gasteiger partial charge is 0.769 e. The van der Waals surface area contributed by atoms with Crippen LogP contribution in [0, 0.1) is 0 Å². The highest BCUT2D eigenvalue weighted by molar-refractivity contribution is 7.82. The Kier molecular flexibility index (Phi) is 3.55. The van der Waals surface area contributed by atoms with Gasteiger partial charge in [-0.1, -0.05) is 18.7 Å². The van der Waals surface area contributed by atoms with E-state index in [0.29, 0.717) is 0 Å². The molecule has 2 nitrogen and oxygen atoms in total. The van der Waals surface area contributed by atoms with E-state index in [2.05, 4.69) is 6.58 Å². The van der Waals surface area contributed by atoms with Crippen molar-refractivity contribution < 1.29 is 8.76 Å². The maximum absolute atomic E-state index is 9.62. The predicted octanol–water partition coefficient (Wildman–Crippen LogP) is 0.565. The van der Waals surface area contributed by atoms with Crippen molar-refractivity contribution in [3.63, 3.8) is 0 Å². The quantitative estimate of drug-likeness (QED) is 0.391. The first-order chi connectivity index (χ1) is 3.27. The van der Waals surface area contributed by atoms with E-state index < -0.39 is 11.1 Å². The summed E-state index contributed by atoms with van der Waals surface area (Å²) in [4.78, 5) is 0. The molecule has 0 N–H and O–H groups in total. The van der Waals surface area contributed by atoms with Gasteiger partial charge in [0.15, 0.2) is 0 Å². The Hall–Kier alpha value is -0.410. The molecule has 1 atom stereocenters. The number of hydrogen-bond acceptors (Lipinski definition) is 2. The van der Waals surface area contributed by atoms with E-state index in [4.69, 9.17) is 0 Å². The summed E-state index contributed by atoms with van der Waals surface area (Å²) in [6, 6.07) is 0. The highest BCUT2D eigenvalue weighted by atomic mass is 32.2. The van der Waals surface area contributed by atoms with Crippen molar-refractivity contribution in [2.45, 2.75) is 0 Å². The van der Waals surface area contributed by atoms with Gasteiger partial charge in [0, 0.05) is 0 Å². The normalized spacial score (nSPS) is 14.4. The average molecular weight is 117 g/mol. The molecule has 0 aromatic heterocycles. The Bertz CT molecular complexity index is 106. The number of allylic oxidation sites excluding steroid dienone is 2. The maximum atomic E-state index is 9.62. The van der Waals surface area contributed by atoms with Gasteiger partial charge in [0.2, 0.25) is 0 Å². The van der Waals surface area contributed by atoms with Crippen LogP contribution in [0.4, 0.5) is 0 Å². The van der Waals surface area contributed by atoms with Gasteiger partial charge in [-0.05, 0) is 16.5 Å².